The minimum Gasteiger partial charge on any atom is -0.348 e. The van der Waals surface area contributed by atoms with Gasteiger partial charge in [-0.3, -0.25) is 9.89 Å². The molecule has 0 unspecified atom stereocenters. The Bertz CT molecular complexity index is 465. The normalized spacial score (nSPS) is 11.4. The van der Waals surface area contributed by atoms with Crippen LogP contribution in [0.5, 0.6) is 0 Å². The number of sulfone groups is 1. The van der Waals surface area contributed by atoms with Gasteiger partial charge in [0, 0.05) is 19.2 Å². The van der Waals surface area contributed by atoms with E-state index < -0.39 is 15.7 Å². The summed E-state index contributed by atoms with van der Waals surface area (Å²) < 4.78 is 21.6. The fourth-order valence-corrected chi connectivity index (χ4v) is 1.46. The van der Waals surface area contributed by atoms with Gasteiger partial charge < -0.3 is 5.32 Å². The van der Waals surface area contributed by atoms with Crippen molar-refractivity contribution in [2.75, 3.05) is 18.6 Å². The van der Waals surface area contributed by atoms with Gasteiger partial charge in [-0.1, -0.05) is 6.92 Å². The Kier molecular flexibility index (Phi) is 3.99. The highest BCUT2D eigenvalue weighted by molar-refractivity contribution is 7.90. The van der Waals surface area contributed by atoms with Crippen molar-refractivity contribution in [1.29, 1.82) is 0 Å². The molecule has 0 atom stereocenters. The predicted octanol–water partition coefficient (Wildman–Crippen LogP) is -0.858. The van der Waals surface area contributed by atoms with Crippen molar-refractivity contribution >= 4 is 15.7 Å². The largest absolute Gasteiger partial charge is 0.348 e. The molecule has 90 valence electrons. The molecule has 0 aliphatic rings. The first-order chi connectivity index (χ1) is 7.42. The fraction of sp³-hybridized carbons (Fsp3) is 0.625. The third-order valence-electron chi connectivity index (χ3n) is 1.83. The van der Waals surface area contributed by atoms with Gasteiger partial charge in [-0.15, -0.1) is 5.10 Å². The molecule has 0 saturated carbocycles. The van der Waals surface area contributed by atoms with Gasteiger partial charge >= 0.3 is 0 Å². The molecule has 8 heteroatoms. The molecule has 0 spiro atoms. The summed E-state index contributed by atoms with van der Waals surface area (Å²) >= 11 is 0. The van der Waals surface area contributed by atoms with Crippen molar-refractivity contribution in [1.82, 2.24) is 20.5 Å². The van der Waals surface area contributed by atoms with Gasteiger partial charge in [-0.25, -0.2) is 13.4 Å². The third kappa shape index (κ3) is 3.97. The van der Waals surface area contributed by atoms with Gasteiger partial charge in [0.15, 0.2) is 0 Å². The van der Waals surface area contributed by atoms with E-state index in [1.807, 2.05) is 6.92 Å². The zero-order valence-electron chi connectivity index (χ0n) is 9.15. The molecule has 0 bridgehead atoms. The van der Waals surface area contributed by atoms with Crippen LogP contribution in [0.25, 0.3) is 0 Å². The highest BCUT2D eigenvalue weighted by atomic mass is 32.2. The van der Waals surface area contributed by atoms with Crippen LogP contribution in [-0.4, -0.2) is 48.1 Å². The number of carbonyl (C=O) groups excluding carboxylic acids is 1. The molecule has 0 saturated heterocycles. The smallest absolute Gasteiger partial charge is 0.290 e. The summed E-state index contributed by atoms with van der Waals surface area (Å²) in [5, 5.41) is 8.74. The zero-order valence-corrected chi connectivity index (χ0v) is 9.97. The molecule has 0 fully saturated rings. The first-order valence-electron chi connectivity index (χ1n) is 4.79. The molecule has 2 N–H and O–H groups in total. The van der Waals surface area contributed by atoms with E-state index in [4.69, 9.17) is 0 Å². The van der Waals surface area contributed by atoms with Gasteiger partial charge in [-0.05, 0) is 0 Å². The highest BCUT2D eigenvalue weighted by Crippen LogP contribution is 1.93. The van der Waals surface area contributed by atoms with Crippen LogP contribution in [0.15, 0.2) is 0 Å². The third-order valence-corrected chi connectivity index (χ3v) is 2.77. The Morgan fingerprint density at radius 1 is 1.50 bits per heavy atom. The molecule has 1 heterocycles. The van der Waals surface area contributed by atoms with Crippen LogP contribution in [0.2, 0.25) is 0 Å². The van der Waals surface area contributed by atoms with Crippen LogP contribution in [0.1, 0.15) is 23.4 Å². The molecular formula is C8H14N4O3S. The molecule has 16 heavy (non-hydrogen) atoms. The second-order valence-corrected chi connectivity index (χ2v) is 5.60. The molecule has 1 aromatic heterocycles. The van der Waals surface area contributed by atoms with Crippen LogP contribution >= 0.6 is 0 Å². The topological polar surface area (TPSA) is 105 Å². The Hall–Kier alpha value is -1.44. The van der Waals surface area contributed by atoms with Crippen molar-refractivity contribution in [3.05, 3.63) is 11.6 Å². The lowest BCUT2D eigenvalue weighted by Crippen LogP contribution is -2.29. The first kappa shape index (κ1) is 12.6. The van der Waals surface area contributed by atoms with Crippen molar-refractivity contribution in [2.45, 2.75) is 13.3 Å². The molecule has 1 amide bonds. The number of nitrogens with one attached hydrogen (secondary N) is 2. The summed E-state index contributed by atoms with van der Waals surface area (Å²) in [6, 6.07) is 0. The Labute approximate surface area is 93.6 Å². The number of nitrogens with zero attached hydrogens (tertiary/aromatic N) is 2. The molecule has 1 rings (SSSR count). The number of aromatic nitrogens is 3. The molecular weight excluding hydrogens is 232 g/mol. The second-order valence-electron chi connectivity index (χ2n) is 3.35. The minimum absolute atomic E-state index is 0.0327. The van der Waals surface area contributed by atoms with Crippen molar-refractivity contribution in [3.8, 4) is 0 Å². The number of amides is 1. The van der Waals surface area contributed by atoms with Gasteiger partial charge in [0.2, 0.25) is 5.82 Å². The first-order valence-corrected chi connectivity index (χ1v) is 6.85. The van der Waals surface area contributed by atoms with E-state index in [1.54, 1.807) is 0 Å². The van der Waals surface area contributed by atoms with Gasteiger partial charge in [0.05, 0.1) is 5.75 Å². The van der Waals surface area contributed by atoms with E-state index in [9.17, 15) is 13.2 Å². The Morgan fingerprint density at radius 2 is 2.19 bits per heavy atom. The van der Waals surface area contributed by atoms with E-state index in [1.165, 1.54) is 0 Å². The van der Waals surface area contributed by atoms with Crippen LogP contribution < -0.4 is 5.32 Å². The lowest BCUT2D eigenvalue weighted by Gasteiger charge is -2.00. The maximum atomic E-state index is 11.4. The van der Waals surface area contributed by atoms with E-state index in [0.29, 0.717) is 12.2 Å². The molecule has 0 aliphatic carbocycles. The maximum Gasteiger partial charge on any atom is 0.290 e. The SMILES string of the molecule is CCc1nc(C(=O)NCCS(C)(=O)=O)n[nH]1. The number of H-pyrrole nitrogens is 1. The van der Waals surface area contributed by atoms with Crippen LogP contribution in [0.3, 0.4) is 0 Å². The quantitative estimate of drug-likeness (QED) is 0.703. The van der Waals surface area contributed by atoms with E-state index in [2.05, 4.69) is 20.5 Å². The summed E-state index contributed by atoms with van der Waals surface area (Å²) in [6.07, 6.45) is 1.77. The number of aryl methyl sites for hydroxylation is 1. The van der Waals surface area contributed by atoms with Crippen LogP contribution in [0, 0.1) is 0 Å². The molecule has 0 radical (unpaired) electrons. The summed E-state index contributed by atoms with van der Waals surface area (Å²) in [5.74, 6) is 0.0854. The van der Waals surface area contributed by atoms with Crippen LogP contribution in [0.4, 0.5) is 0 Å². The van der Waals surface area contributed by atoms with Gasteiger partial charge in [-0.2, -0.15) is 0 Å². The molecule has 7 nitrogen and oxygen atoms in total. The lowest BCUT2D eigenvalue weighted by molar-refractivity contribution is 0.0946. The molecule has 0 aromatic carbocycles. The van der Waals surface area contributed by atoms with Gasteiger partial charge in [0.1, 0.15) is 15.7 Å². The summed E-state index contributed by atoms with van der Waals surface area (Å²) in [5.41, 5.74) is 0. The monoisotopic (exact) mass is 246 g/mol. The highest BCUT2D eigenvalue weighted by Gasteiger charge is 2.12. The van der Waals surface area contributed by atoms with E-state index in [-0.39, 0.29) is 18.1 Å². The van der Waals surface area contributed by atoms with Crippen molar-refractivity contribution in [2.24, 2.45) is 0 Å². The van der Waals surface area contributed by atoms with Crippen LogP contribution in [-0.2, 0) is 16.3 Å². The number of hydrogen-bond acceptors (Lipinski definition) is 5. The Balaban J connectivity index is 2.47. The van der Waals surface area contributed by atoms with E-state index >= 15 is 0 Å². The van der Waals surface area contributed by atoms with E-state index in [0.717, 1.165) is 6.26 Å². The average Bonchev–Trinajstić information content (AvgIpc) is 2.63. The minimum atomic E-state index is -3.06. The second kappa shape index (κ2) is 5.06. The number of carbonyl (C=O) groups is 1. The average molecular weight is 246 g/mol. The summed E-state index contributed by atoms with van der Waals surface area (Å²) in [7, 11) is -3.06. The predicted molar refractivity (Wildman–Crippen MR) is 57.8 cm³/mol. The lowest BCUT2D eigenvalue weighted by atomic mass is 10.5. The number of rotatable bonds is 5. The number of hydrogen-bond donors (Lipinski definition) is 2. The number of aromatic amines is 1. The molecule has 0 aliphatic heterocycles. The Morgan fingerprint density at radius 3 is 2.69 bits per heavy atom. The van der Waals surface area contributed by atoms with Gasteiger partial charge in [0.25, 0.3) is 5.91 Å². The summed E-state index contributed by atoms with van der Waals surface area (Å²) in [4.78, 5) is 15.3. The maximum absolute atomic E-state index is 11.4. The molecule has 1 aromatic rings. The zero-order chi connectivity index (χ0) is 12.2. The van der Waals surface area contributed by atoms with Crippen molar-refractivity contribution in [3.63, 3.8) is 0 Å². The standard InChI is InChI=1S/C8H14N4O3S/c1-3-6-10-7(12-11-6)8(13)9-4-5-16(2,14)15/h3-5H2,1-2H3,(H,9,13)(H,10,11,12). The summed E-state index contributed by atoms with van der Waals surface area (Å²) in [6.45, 7) is 1.94. The fourth-order valence-electron chi connectivity index (χ4n) is 0.984. The van der Waals surface area contributed by atoms with Crippen molar-refractivity contribution < 1.29 is 13.2 Å².